The number of rotatable bonds is 7. The summed E-state index contributed by atoms with van der Waals surface area (Å²) in [5.41, 5.74) is 7.35. The SMILES string of the molecule is O[B]Oc1ccccc1N(c1ccc(-c2ccccc2)cc1)c1ccccc1-c1ccccc1. The van der Waals surface area contributed by atoms with Crippen LogP contribution < -0.4 is 9.55 Å². The molecule has 0 aliphatic carbocycles. The van der Waals surface area contributed by atoms with Gasteiger partial charge in [-0.2, -0.15) is 0 Å². The van der Waals surface area contributed by atoms with Crippen molar-refractivity contribution in [3.8, 4) is 28.0 Å². The lowest BCUT2D eigenvalue weighted by Crippen LogP contribution is -2.13. The van der Waals surface area contributed by atoms with Crippen molar-refractivity contribution in [2.45, 2.75) is 0 Å². The van der Waals surface area contributed by atoms with Gasteiger partial charge >= 0.3 is 7.69 Å². The van der Waals surface area contributed by atoms with E-state index >= 15 is 0 Å². The third-order valence-corrected chi connectivity index (χ3v) is 5.75. The quantitative estimate of drug-likeness (QED) is 0.268. The summed E-state index contributed by atoms with van der Waals surface area (Å²) in [4.78, 5) is 2.16. The van der Waals surface area contributed by atoms with Crippen molar-refractivity contribution in [3.05, 3.63) is 133 Å². The number of para-hydroxylation sites is 3. The number of anilines is 3. The first-order chi connectivity index (χ1) is 16.8. The van der Waals surface area contributed by atoms with Crippen molar-refractivity contribution in [1.29, 1.82) is 0 Å². The Bertz CT molecular complexity index is 1360. The monoisotopic (exact) mass is 440 g/mol. The number of benzene rings is 5. The molecule has 163 valence electrons. The van der Waals surface area contributed by atoms with E-state index in [-0.39, 0.29) is 0 Å². The van der Waals surface area contributed by atoms with E-state index in [9.17, 15) is 5.02 Å². The molecular weight excluding hydrogens is 417 g/mol. The molecule has 3 nitrogen and oxygen atoms in total. The van der Waals surface area contributed by atoms with Crippen LogP contribution in [0.15, 0.2) is 133 Å². The zero-order valence-electron chi connectivity index (χ0n) is 18.6. The average Bonchev–Trinajstić information content (AvgIpc) is 2.92. The predicted octanol–water partition coefficient (Wildman–Crippen LogP) is 7.40. The van der Waals surface area contributed by atoms with E-state index < -0.39 is 0 Å². The van der Waals surface area contributed by atoms with Gasteiger partial charge in [0.25, 0.3) is 0 Å². The third-order valence-electron chi connectivity index (χ3n) is 5.75. The zero-order valence-corrected chi connectivity index (χ0v) is 18.6. The summed E-state index contributed by atoms with van der Waals surface area (Å²) in [6.45, 7) is 0. The van der Waals surface area contributed by atoms with Gasteiger partial charge in [0.1, 0.15) is 5.75 Å². The van der Waals surface area contributed by atoms with E-state index in [1.807, 2.05) is 72.8 Å². The molecule has 0 atom stereocenters. The Morgan fingerprint density at radius 1 is 0.500 bits per heavy atom. The highest BCUT2D eigenvalue weighted by Gasteiger charge is 2.20. The van der Waals surface area contributed by atoms with Gasteiger partial charge in [0.05, 0.1) is 11.4 Å². The van der Waals surface area contributed by atoms with Gasteiger partial charge in [0.15, 0.2) is 0 Å². The smallest absolute Gasteiger partial charge is 0.536 e. The molecule has 0 unspecified atom stereocenters. The minimum absolute atomic E-state index is 0.556. The lowest BCUT2D eigenvalue weighted by molar-refractivity contribution is 0.454. The van der Waals surface area contributed by atoms with E-state index in [0.29, 0.717) is 5.75 Å². The first kappa shape index (κ1) is 21.6. The Hall–Kier alpha value is -4.28. The molecule has 0 aromatic heterocycles. The van der Waals surface area contributed by atoms with Crippen molar-refractivity contribution in [3.63, 3.8) is 0 Å². The molecule has 5 rings (SSSR count). The van der Waals surface area contributed by atoms with E-state index in [4.69, 9.17) is 4.65 Å². The maximum absolute atomic E-state index is 9.40. The molecule has 0 saturated carbocycles. The summed E-state index contributed by atoms with van der Waals surface area (Å²) in [7, 11) is 0.721. The van der Waals surface area contributed by atoms with Crippen molar-refractivity contribution >= 4 is 24.7 Å². The molecular formula is C30H23BNO2. The van der Waals surface area contributed by atoms with Crippen LogP contribution in [0.4, 0.5) is 17.1 Å². The summed E-state index contributed by atoms with van der Waals surface area (Å²) in [5.74, 6) is 0.556. The van der Waals surface area contributed by atoms with Gasteiger partial charge in [-0.05, 0) is 47.0 Å². The summed E-state index contributed by atoms with van der Waals surface area (Å²) in [6.07, 6.45) is 0. The minimum atomic E-state index is 0.556. The highest BCUT2D eigenvalue weighted by atomic mass is 16.5. The highest BCUT2D eigenvalue weighted by molar-refractivity contribution is 6.17. The van der Waals surface area contributed by atoms with Crippen LogP contribution in [0.25, 0.3) is 22.3 Å². The summed E-state index contributed by atoms with van der Waals surface area (Å²) in [6, 6.07) is 45.2. The Morgan fingerprint density at radius 3 is 1.71 bits per heavy atom. The lowest BCUT2D eigenvalue weighted by Gasteiger charge is -2.29. The van der Waals surface area contributed by atoms with E-state index in [1.54, 1.807) is 0 Å². The molecule has 1 N–H and O–H groups in total. The van der Waals surface area contributed by atoms with Crippen LogP contribution in [0.5, 0.6) is 5.75 Å². The highest BCUT2D eigenvalue weighted by Crippen LogP contribution is 2.44. The fourth-order valence-corrected chi connectivity index (χ4v) is 4.17. The van der Waals surface area contributed by atoms with Crippen molar-refractivity contribution < 1.29 is 9.68 Å². The van der Waals surface area contributed by atoms with Crippen LogP contribution >= 0.6 is 0 Å². The third kappa shape index (κ3) is 4.45. The van der Waals surface area contributed by atoms with E-state index in [1.165, 1.54) is 5.56 Å². The summed E-state index contributed by atoms with van der Waals surface area (Å²) in [5, 5.41) is 9.40. The number of hydrogen-bond donors (Lipinski definition) is 1. The largest absolute Gasteiger partial charge is 0.569 e. The van der Waals surface area contributed by atoms with E-state index in [2.05, 4.69) is 65.6 Å². The second-order valence-electron chi connectivity index (χ2n) is 7.82. The van der Waals surface area contributed by atoms with Crippen LogP contribution in [-0.2, 0) is 0 Å². The topological polar surface area (TPSA) is 32.7 Å². The second kappa shape index (κ2) is 10.1. The van der Waals surface area contributed by atoms with Crippen LogP contribution in [0.1, 0.15) is 0 Å². The van der Waals surface area contributed by atoms with Gasteiger partial charge in [0.2, 0.25) is 0 Å². The summed E-state index contributed by atoms with van der Waals surface area (Å²) < 4.78 is 5.49. The standard InChI is InChI=1S/C30H23BNO2/c33-31-34-30-18-10-9-17-29(30)32(26-21-19-24(20-22-26)23-11-3-1-4-12-23)28-16-8-7-15-27(28)25-13-5-2-6-14-25/h1-22,33H. The maximum Gasteiger partial charge on any atom is 0.569 e. The Morgan fingerprint density at radius 2 is 1.03 bits per heavy atom. The van der Waals surface area contributed by atoms with Crippen LogP contribution in [0.3, 0.4) is 0 Å². The Balaban J connectivity index is 1.68. The molecule has 0 saturated heterocycles. The van der Waals surface area contributed by atoms with E-state index in [0.717, 1.165) is 41.4 Å². The van der Waals surface area contributed by atoms with Gasteiger partial charge < -0.3 is 14.6 Å². The van der Waals surface area contributed by atoms with Gasteiger partial charge in [-0.1, -0.05) is 103 Å². The van der Waals surface area contributed by atoms with Gasteiger partial charge in [-0.25, -0.2) is 0 Å². The molecule has 34 heavy (non-hydrogen) atoms. The zero-order chi connectivity index (χ0) is 23.2. The average molecular weight is 440 g/mol. The van der Waals surface area contributed by atoms with Crippen LogP contribution in [0, 0.1) is 0 Å². The fourth-order valence-electron chi connectivity index (χ4n) is 4.17. The molecule has 5 aromatic rings. The molecule has 0 bridgehead atoms. The first-order valence-corrected chi connectivity index (χ1v) is 11.2. The van der Waals surface area contributed by atoms with Gasteiger partial charge in [-0.15, -0.1) is 0 Å². The number of nitrogens with zero attached hydrogens (tertiary/aromatic N) is 1. The molecule has 0 aliphatic rings. The minimum Gasteiger partial charge on any atom is -0.536 e. The molecule has 0 heterocycles. The van der Waals surface area contributed by atoms with Crippen molar-refractivity contribution in [1.82, 2.24) is 0 Å². The molecule has 4 heteroatoms. The molecule has 0 aliphatic heterocycles. The Kier molecular flexibility index (Phi) is 6.41. The molecule has 1 radical (unpaired) electrons. The summed E-state index contributed by atoms with van der Waals surface area (Å²) >= 11 is 0. The molecule has 0 fully saturated rings. The maximum atomic E-state index is 9.40. The normalized spacial score (nSPS) is 10.5. The second-order valence-corrected chi connectivity index (χ2v) is 7.82. The first-order valence-electron chi connectivity index (χ1n) is 11.2. The predicted molar refractivity (Wildman–Crippen MR) is 141 cm³/mol. The fraction of sp³-hybridized carbons (Fsp3) is 0. The van der Waals surface area contributed by atoms with Gasteiger partial charge in [0, 0.05) is 11.3 Å². The molecule has 5 aromatic carbocycles. The van der Waals surface area contributed by atoms with Gasteiger partial charge in [-0.3, -0.25) is 0 Å². The van der Waals surface area contributed by atoms with Crippen molar-refractivity contribution in [2.24, 2.45) is 0 Å². The molecule has 0 amide bonds. The van der Waals surface area contributed by atoms with Crippen LogP contribution in [0.2, 0.25) is 0 Å². The Labute approximate surface area is 200 Å². The van der Waals surface area contributed by atoms with Crippen molar-refractivity contribution in [2.75, 3.05) is 4.90 Å². The van der Waals surface area contributed by atoms with Crippen LogP contribution in [-0.4, -0.2) is 12.7 Å². The molecule has 0 spiro atoms. The number of hydrogen-bond acceptors (Lipinski definition) is 3. The lowest BCUT2D eigenvalue weighted by atomic mass is 10.0.